The number of hydrogen-bond donors (Lipinski definition) is 0. The van der Waals surface area contributed by atoms with Crippen molar-refractivity contribution in [2.75, 3.05) is 13.7 Å². The SMILES string of the molecule is CCCc1cccc(P(OC)c2c(C(=O)OCC)n(S(=O)c3ccccc3)c3ccc(Cl)cc23)c1. The topological polar surface area (TPSA) is 57.5 Å². The Kier molecular flexibility index (Phi) is 8.40. The fraction of sp³-hybridized carbons (Fsp3) is 0.222. The summed E-state index contributed by atoms with van der Waals surface area (Å²) in [7, 11) is -1.50. The predicted molar refractivity (Wildman–Crippen MR) is 145 cm³/mol. The molecule has 0 saturated carbocycles. The van der Waals surface area contributed by atoms with Crippen LogP contribution in [0.4, 0.5) is 0 Å². The van der Waals surface area contributed by atoms with Gasteiger partial charge in [0.05, 0.1) is 25.2 Å². The molecular weight excluding hydrogens is 501 g/mol. The molecule has 2 atom stereocenters. The lowest BCUT2D eigenvalue weighted by Gasteiger charge is -2.18. The molecule has 0 amide bonds. The van der Waals surface area contributed by atoms with Crippen LogP contribution in [0.1, 0.15) is 36.3 Å². The lowest BCUT2D eigenvalue weighted by Crippen LogP contribution is -2.24. The summed E-state index contributed by atoms with van der Waals surface area (Å²) in [6, 6.07) is 22.6. The summed E-state index contributed by atoms with van der Waals surface area (Å²) in [6.45, 7) is 4.08. The minimum atomic E-state index is -1.70. The van der Waals surface area contributed by atoms with Crippen LogP contribution in [0, 0.1) is 0 Å². The molecule has 0 N–H and O–H groups in total. The summed E-state index contributed by atoms with van der Waals surface area (Å²) < 4.78 is 27.0. The van der Waals surface area contributed by atoms with Crippen LogP contribution in [0.3, 0.4) is 0 Å². The molecule has 1 aromatic heterocycles. The third-order valence-electron chi connectivity index (χ3n) is 5.51. The highest BCUT2D eigenvalue weighted by Crippen LogP contribution is 2.41. The van der Waals surface area contributed by atoms with Crippen molar-refractivity contribution in [1.82, 2.24) is 3.97 Å². The predicted octanol–water partition coefficient (Wildman–Crippen LogP) is 5.99. The molecule has 1 heterocycles. The van der Waals surface area contributed by atoms with E-state index in [9.17, 15) is 9.00 Å². The van der Waals surface area contributed by atoms with E-state index < -0.39 is 25.1 Å². The Bertz CT molecular complexity index is 1370. The Morgan fingerprint density at radius 2 is 1.80 bits per heavy atom. The summed E-state index contributed by atoms with van der Waals surface area (Å²) in [6.07, 6.45) is 1.96. The van der Waals surface area contributed by atoms with Gasteiger partial charge in [-0.3, -0.25) is 0 Å². The monoisotopic (exact) mass is 527 g/mol. The zero-order chi connectivity index (χ0) is 24.9. The van der Waals surface area contributed by atoms with Crippen LogP contribution in [0.25, 0.3) is 10.9 Å². The minimum absolute atomic E-state index is 0.190. The van der Waals surface area contributed by atoms with Crippen LogP contribution in [-0.2, 0) is 26.7 Å². The summed E-state index contributed by atoms with van der Waals surface area (Å²) >= 11 is 6.42. The molecule has 35 heavy (non-hydrogen) atoms. The van der Waals surface area contributed by atoms with Crippen molar-refractivity contribution in [3.63, 3.8) is 0 Å². The first-order chi connectivity index (χ1) is 17.0. The second-order valence-corrected chi connectivity index (χ2v) is 11.5. The minimum Gasteiger partial charge on any atom is -0.461 e. The molecule has 0 fully saturated rings. The highest BCUT2D eigenvalue weighted by Gasteiger charge is 2.33. The largest absolute Gasteiger partial charge is 0.461 e. The molecule has 0 aliphatic heterocycles. The Hall–Kier alpha value is -2.50. The van der Waals surface area contributed by atoms with Crippen LogP contribution in [0.5, 0.6) is 0 Å². The first-order valence-electron chi connectivity index (χ1n) is 11.4. The number of rotatable bonds is 9. The maximum absolute atomic E-state index is 13.9. The lowest BCUT2D eigenvalue weighted by molar-refractivity contribution is 0.0520. The number of benzene rings is 3. The van der Waals surface area contributed by atoms with Gasteiger partial charge in [-0.1, -0.05) is 61.3 Å². The number of nitrogens with zero attached hydrogens (tertiary/aromatic N) is 1. The Labute approximate surface area is 214 Å². The first-order valence-corrected chi connectivity index (χ1v) is 14.2. The molecule has 4 aromatic rings. The average molecular weight is 528 g/mol. The van der Waals surface area contributed by atoms with Gasteiger partial charge in [0.15, 0.2) is 16.7 Å². The summed E-state index contributed by atoms with van der Waals surface area (Å²) in [5, 5.41) is 2.85. The van der Waals surface area contributed by atoms with Crippen molar-refractivity contribution in [3.05, 3.63) is 89.1 Å². The molecule has 8 heteroatoms. The van der Waals surface area contributed by atoms with E-state index >= 15 is 0 Å². The number of esters is 1. The molecule has 0 aliphatic rings. The number of aryl methyl sites for hydroxylation is 1. The molecule has 182 valence electrons. The summed E-state index contributed by atoms with van der Waals surface area (Å²) in [5.41, 5.74) is 2.05. The molecule has 3 aromatic carbocycles. The van der Waals surface area contributed by atoms with Gasteiger partial charge in [-0.2, -0.15) is 0 Å². The Balaban J connectivity index is 2.04. The van der Waals surface area contributed by atoms with Gasteiger partial charge in [0.2, 0.25) is 0 Å². The van der Waals surface area contributed by atoms with E-state index in [1.165, 1.54) is 5.56 Å². The summed E-state index contributed by atoms with van der Waals surface area (Å²) in [4.78, 5) is 14.0. The third kappa shape index (κ3) is 5.22. The zero-order valence-corrected chi connectivity index (χ0v) is 22.3. The van der Waals surface area contributed by atoms with Crippen molar-refractivity contribution in [3.8, 4) is 0 Å². The van der Waals surface area contributed by atoms with E-state index in [1.807, 2.05) is 30.3 Å². The van der Waals surface area contributed by atoms with Crippen LogP contribution in [-0.4, -0.2) is 27.9 Å². The molecule has 0 bridgehead atoms. The highest BCUT2D eigenvalue weighted by molar-refractivity contribution is 7.84. The van der Waals surface area contributed by atoms with Gasteiger partial charge in [-0.15, -0.1) is 0 Å². The van der Waals surface area contributed by atoms with Gasteiger partial charge in [-0.05, 0) is 55.3 Å². The van der Waals surface area contributed by atoms with Crippen molar-refractivity contribution in [2.45, 2.75) is 31.6 Å². The average Bonchev–Trinajstić information content (AvgIpc) is 3.19. The van der Waals surface area contributed by atoms with E-state index in [0.717, 1.165) is 23.5 Å². The van der Waals surface area contributed by atoms with Gasteiger partial charge in [0.1, 0.15) is 0 Å². The normalized spacial score (nSPS) is 13.0. The number of fused-ring (bicyclic) bond motifs is 1. The second-order valence-electron chi connectivity index (χ2n) is 7.83. The molecule has 5 nitrogen and oxygen atoms in total. The smallest absolute Gasteiger partial charge is 0.356 e. The number of carbonyl (C=O) groups is 1. The van der Waals surface area contributed by atoms with Crippen LogP contribution in [0.2, 0.25) is 5.02 Å². The van der Waals surface area contributed by atoms with Crippen LogP contribution in [0.15, 0.2) is 77.7 Å². The Morgan fingerprint density at radius 3 is 2.49 bits per heavy atom. The van der Waals surface area contributed by atoms with Gasteiger partial charge >= 0.3 is 5.97 Å². The standard InChI is InChI=1S/C27H27ClNO4PS/c1-4-10-19-11-9-12-21(17-19)34(32-3)26-23-18-20(28)15-16-24(23)29(25(26)27(30)33-5-2)35(31)22-13-7-6-8-14-22/h6-9,11-18H,4-5,10H2,1-3H3. The molecule has 2 unspecified atom stereocenters. The fourth-order valence-electron chi connectivity index (χ4n) is 4.07. The van der Waals surface area contributed by atoms with Crippen LogP contribution >= 0.6 is 19.7 Å². The first kappa shape index (κ1) is 25.6. The Morgan fingerprint density at radius 1 is 1.03 bits per heavy atom. The second kappa shape index (κ2) is 11.5. The molecule has 0 spiro atoms. The van der Waals surface area contributed by atoms with E-state index in [1.54, 1.807) is 48.3 Å². The van der Waals surface area contributed by atoms with E-state index in [-0.39, 0.29) is 12.3 Å². The lowest BCUT2D eigenvalue weighted by atomic mass is 10.1. The number of ether oxygens (including phenoxy) is 1. The van der Waals surface area contributed by atoms with E-state index in [0.29, 0.717) is 20.7 Å². The quantitative estimate of drug-likeness (QED) is 0.198. The molecule has 0 radical (unpaired) electrons. The maximum Gasteiger partial charge on any atom is 0.356 e. The van der Waals surface area contributed by atoms with Crippen LogP contribution < -0.4 is 10.6 Å². The highest BCUT2D eigenvalue weighted by atomic mass is 35.5. The van der Waals surface area contributed by atoms with Gasteiger partial charge in [-0.25, -0.2) is 13.0 Å². The van der Waals surface area contributed by atoms with Crippen molar-refractivity contribution in [2.24, 2.45) is 0 Å². The fourth-order valence-corrected chi connectivity index (χ4v) is 7.52. The van der Waals surface area contributed by atoms with Gasteiger partial charge < -0.3 is 9.26 Å². The number of hydrogen-bond acceptors (Lipinski definition) is 4. The van der Waals surface area contributed by atoms with Crippen molar-refractivity contribution in [1.29, 1.82) is 0 Å². The van der Waals surface area contributed by atoms with Gasteiger partial charge in [0, 0.05) is 28.1 Å². The molecule has 4 rings (SSSR count). The summed E-state index contributed by atoms with van der Waals surface area (Å²) in [5.74, 6) is -0.548. The molecular formula is C27H27ClNO4PS. The van der Waals surface area contributed by atoms with Crippen molar-refractivity contribution >= 4 is 58.2 Å². The number of carbonyl (C=O) groups excluding carboxylic acids is 1. The molecule has 0 aliphatic carbocycles. The molecule has 0 saturated heterocycles. The third-order valence-corrected chi connectivity index (χ3v) is 9.10. The number of halogens is 1. The maximum atomic E-state index is 13.9. The zero-order valence-electron chi connectivity index (χ0n) is 19.9. The van der Waals surface area contributed by atoms with E-state index in [4.69, 9.17) is 20.9 Å². The van der Waals surface area contributed by atoms with E-state index in [2.05, 4.69) is 19.1 Å². The van der Waals surface area contributed by atoms with Crippen molar-refractivity contribution < 1.29 is 18.3 Å². The number of aromatic nitrogens is 1. The van der Waals surface area contributed by atoms with Gasteiger partial charge in [0.25, 0.3) is 0 Å².